The van der Waals surface area contributed by atoms with E-state index < -0.39 is 0 Å². The highest BCUT2D eigenvalue weighted by molar-refractivity contribution is 5.96. The molecular weight excluding hydrogens is 294 g/mol. The smallest absolute Gasteiger partial charge is 0.282 e. The molecule has 2 aliphatic heterocycles. The zero-order valence-electron chi connectivity index (χ0n) is 13.6. The zero-order valence-corrected chi connectivity index (χ0v) is 13.6. The molecule has 1 fully saturated rings. The van der Waals surface area contributed by atoms with E-state index in [0.717, 1.165) is 30.3 Å². The van der Waals surface area contributed by atoms with E-state index in [0.29, 0.717) is 19.5 Å². The van der Waals surface area contributed by atoms with Gasteiger partial charge in [-0.15, -0.1) is 0 Å². The molecule has 0 spiro atoms. The molecule has 2 atom stereocenters. The fourth-order valence-corrected chi connectivity index (χ4v) is 3.83. The van der Waals surface area contributed by atoms with Crippen LogP contribution in [0.5, 0.6) is 0 Å². The van der Waals surface area contributed by atoms with Crippen molar-refractivity contribution in [1.82, 2.24) is 0 Å². The van der Waals surface area contributed by atoms with Gasteiger partial charge in [-0.25, -0.2) is 0 Å². The number of hydrogen-bond acceptors (Lipinski definition) is 3. The highest BCUT2D eigenvalue weighted by atomic mass is 16.6. The first-order valence-corrected chi connectivity index (χ1v) is 8.49. The first-order valence-electron chi connectivity index (χ1n) is 8.49. The number of carbonyl (C=O) groups is 1. The normalized spacial score (nSPS) is 23.6. The minimum atomic E-state index is -0.381. The van der Waals surface area contributed by atoms with Gasteiger partial charge in [-0.2, -0.15) is 0 Å². The Morgan fingerprint density at radius 2 is 2.30 bits per heavy atom. The molecule has 2 aliphatic rings. The standard InChI is InChI=1S/C17H23N3O3/c1-2-13-4-3-8-18(11-13)12-17(21)19-9-7-14-10-15(20(22)23)5-6-16(14)19/h5-6,10,13H,2-4,7-9,11-12H2,1H3/p+1/t13-/m1/s1. The van der Waals surface area contributed by atoms with Gasteiger partial charge in [0.1, 0.15) is 0 Å². The van der Waals surface area contributed by atoms with Crippen molar-refractivity contribution in [3.63, 3.8) is 0 Å². The summed E-state index contributed by atoms with van der Waals surface area (Å²) in [5, 5.41) is 10.9. The van der Waals surface area contributed by atoms with Crippen LogP contribution in [-0.4, -0.2) is 37.0 Å². The van der Waals surface area contributed by atoms with E-state index >= 15 is 0 Å². The van der Waals surface area contributed by atoms with Gasteiger partial charge < -0.3 is 9.80 Å². The van der Waals surface area contributed by atoms with Crippen molar-refractivity contribution < 1.29 is 14.6 Å². The van der Waals surface area contributed by atoms with Gasteiger partial charge in [-0.1, -0.05) is 6.92 Å². The molecule has 6 heteroatoms. The van der Waals surface area contributed by atoms with Gasteiger partial charge in [0, 0.05) is 30.3 Å². The predicted octanol–water partition coefficient (Wildman–Crippen LogP) is 1.19. The number of likely N-dealkylation sites (tertiary alicyclic amines) is 1. The Kier molecular flexibility index (Phi) is 4.61. The quantitative estimate of drug-likeness (QED) is 0.670. The Bertz CT molecular complexity index is 617. The second-order valence-corrected chi connectivity index (χ2v) is 6.66. The molecular formula is C17H24N3O3+. The van der Waals surface area contributed by atoms with E-state index in [4.69, 9.17) is 0 Å². The van der Waals surface area contributed by atoms with Crippen LogP contribution in [0.4, 0.5) is 11.4 Å². The van der Waals surface area contributed by atoms with E-state index in [1.54, 1.807) is 12.1 Å². The summed E-state index contributed by atoms with van der Waals surface area (Å²) in [6.45, 7) is 5.55. The van der Waals surface area contributed by atoms with Crippen LogP contribution in [0.3, 0.4) is 0 Å². The molecule has 0 saturated carbocycles. The number of fused-ring (bicyclic) bond motifs is 1. The number of amides is 1. The van der Waals surface area contributed by atoms with Gasteiger partial charge >= 0.3 is 0 Å². The van der Waals surface area contributed by atoms with Crippen LogP contribution in [0.2, 0.25) is 0 Å². The zero-order chi connectivity index (χ0) is 16.4. The van der Waals surface area contributed by atoms with E-state index in [1.165, 1.54) is 30.2 Å². The average Bonchev–Trinajstić information content (AvgIpc) is 2.98. The molecule has 23 heavy (non-hydrogen) atoms. The summed E-state index contributed by atoms with van der Waals surface area (Å²) in [6.07, 6.45) is 4.37. The molecule has 0 bridgehead atoms. The van der Waals surface area contributed by atoms with Crippen LogP contribution < -0.4 is 9.80 Å². The molecule has 2 heterocycles. The van der Waals surface area contributed by atoms with Crippen molar-refractivity contribution >= 4 is 17.3 Å². The Labute approximate surface area is 136 Å². The van der Waals surface area contributed by atoms with Crippen LogP contribution in [0.25, 0.3) is 0 Å². The average molecular weight is 318 g/mol. The van der Waals surface area contributed by atoms with E-state index in [2.05, 4.69) is 6.92 Å². The maximum atomic E-state index is 12.7. The lowest BCUT2D eigenvalue weighted by Gasteiger charge is -2.30. The van der Waals surface area contributed by atoms with Crippen molar-refractivity contribution in [2.45, 2.75) is 32.6 Å². The molecule has 1 N–H and O–H groups in total. The highest BCUT2D eigenvalue weighted by Crippen LogP contribution is 2.31. The van der Waals surface area contributed by atoms with Gasteiger partial charge in [0.05, 0.1) is 18.0 Å². The number of piperidine rings is 1. The van der Waals surface area contributed by atoms with Gasteiger partial charge in [-0.05, 0) is 37.3 Å². The minimum Gasteiger partial charge on any atom is -0.327 e. The Balaban J connectivity index is 1.67. The fraction of sp³-hybridized carbons (Fsp3) is 0.588. The molecule has 1 amide bonds. The number of nitrogens with one attached hydrogen (secondary N) is 1. The second-order valence-electron chi connectivity index (χ2n) is 6.66. The molecule has 1 saturated heterocycles. The number of quaternary nitrogens is 1. The number of carbonyl (C=O) groups excluding carboxylic acids is 1. The summed E-state index contributed by atoms with van der Waals surface area (Å²) in [5.74, 6) is 0.879. The van der Waals surface area contributed by atoms with E-state index in [9.17, 15) is 14.9 Å². The number of benzene rings is 1. The maximum Gasteiger partial charge on any atom is 0.282 e. The summed E-state index contributed by atoms with van der Waals surface area (Å²) in [4.78, 5) is 26.3. The number of nitrogens with zero attached hydrogens (tertiary/aromatic N) is 2. The van der Waals surface area contributed by atoms with E-state index in [1.807, 2.05) is 4.90 Å². The number of non-ortho nitro benzene ring substituents is 1. The monoisotopic (exact) mass is 318 g/mol. The lowest BCUT2D eigenvalue weighted by Crippen LogP contribution is -3.14. The molecule has 0 aromatic heterocycles. The summed E-state index contributed by atoms with van der Waals surface area (Å²) in [6, 6.07) is 4.81. The molecule has 1 aromatic rings. The predicted molar refractivity (Wildman–Crippen MR) is 87.7 cm³/mol. The number of anilines is 1. The van der Waals surface area contributed by atoms with Crippen LogP contribution in [0, 0.1) is 16.0 Å². The third-order valence-electron chi connectivity index (χ3n) is 5.17. The van der Waals surface area contributed by atoms with Crippen molar-refractivity contribution in [2.75, 3.05) is 31.1 Å². The van der Waals surface area contributed by atoms with E-state index in [-0.39, 0.29) is 16.5 Å². The largest absolute Gasteiger partial charge is 0.327 e. The van der Waals surface area contributed by atoms with Crippen LogP contribution >= 0.6 is 0 Å². The summed E-state index contributed by atoms with van der Waals surface area (Å²) >= 11 is 0. The van der Waals surface area contributed by atoms with Crippen LogP contribution in [-0.2, 0) is 11.2 Å². The summed E-state index contributed by atoms with van der Waals surface area (Å²) in [5.41, 5.74) is 1.86. The maximum absolute atomic E-state index is 12.7. The number of hydrogen-bond donors (Lipinski definition) is 1. The van der Waals surface area contributed by atoms with Crippen molar-refractivity contribution in [1.29, 1.82) is 0 Å². The lowest BCUT2D eigenvalue weighted by molar-refractivity contribution is -0.900. The Hall–Kier alpha value is -1.95. The third kappa shape index (κ3) is 3.37. The molecule has 0 aliphatic carbocycles. The van der Waals surface area contributed by atoms with Crippen molar-refractivity contribution in [3.05, 3.63) is 33.9 Å². The topological polar surface area (TPSA) is 67.9 Å². The lowest BCUT2D eigenvalue weighted by atomic mass is 9.96. The summed E-state index contributed by atoms with van der Waals surface area (Å²) < 4.78 is 0. The number of nitro groups is 1. The van der Waals surface area contributed by atoms with Gasteiger partial charge in [0.2, 0.25) is 0 Å². The van der Waals surface area contributed by atoms with Crippen molar-refractivity contribution in [3.8, 4) is 0 Å². The van der Waals surface area contributed by atoms with Gasteiger partial charge in [0.15, 0.2) is 6.54 Å². The third-order valence-corrected chi connectivity index (χ3v) is 5.17. The first-order chi connectivity index (χ1) is 11.1. The van der Waals surface area contributed by atoms with Gasteiger partial charge in [-0.3, -0.25) is 14.9 Å². The number of nitro benzene ring substituents is 1. The van der Waals surface area contributed by atoms with Crippen molar-refractivity contribution in [2.24, 2.45) is 5.92 Å². The molecule has 3 rings (SSSR count). The Morgan fingerprint density at radius 1 is 1.48 bits per heavy atom. The minimum absolute atomic E-state index is 0.102. The Morgan fingerprint density at radius 3 is 3.04 bits per heavy atom. The molecule has 0 radical (unpaired) electrons. The first kappa shape index (κ1) is 15.9. The highest BCUT2D eigenvalue weighted by Gasteiger charge is 2.30. The molecule has 6 nitrogen and oxygen atoms in total. The second kappa shape index (κ2) is 6.66. The fourth-order valence-electron chi connectivity index (χ4n) is 3.83. The molecule has 124 valence electrons. The van der Waals surface area contributed by atoms with Gasteiger partial charge in [0.25, 0.3) is 11.6 Å². The van der Waals surface area contributed by atoms with Crippen LogP contribution in [0.15, 0.2) is 18.2 Å². The molecule has 1 aromatic carbocycles. The number of rotatable bonds is 4. The SMILES string of the molecule is CC[C@@H]1CCC[NH+](CC(=O)N2CCc3cc([N+](=O)[O-])ccc32)C1. The molecule has 1 unspecified atom stereocenters. The summed E-state index contributed by atoms with van der Waals surface area (Å²) in [7, 11) is 0. The van der Waals surface area contributed by atoms with Crippen LogP contribution in [0.1, 0.15) is 31.7 Å².